The van der Waals surface area contributed by atoms with E-state index in [1.54, 1.807) is 0 Å². The molecule has 6 nitrogen and oxygen atoms in total. The van der Waals surface area contributed by atoms with Gasteiger partial charge in [0.2, 0.25) is 0 Å². The summed E-state index contributed by atoms with van der Waals surface area (Å²) in [6.07, 6.45) is 28.3. The number of esters is 3. The van der Waals surface area contributed by atoms with Crippen LogP contribution in [0.2, 0.25) is 0 Å². The van der Waals surface area contributed by atoms with Gasteiger partial charge in [0.25, 0.3) is 0 Å². The van der Waals surface area contributed by atoms with Crippen molar-refractivity contribution in [2.75, 3.05) is 13.2 Å². The topological polar surface area (TPSA) is 78.9 Å². The zero-order valence-electron chi connectivity index (χ0n) is 29.6. The van der Waals surface area contributed by atoms with Crippen molar-refractivity contribution in [2.45, 2.75) is 207 Å². The van der Waals surface area contributed by atoms with Gasteiger partial charge in [0.15, 0.2) is 6.10 Å². The first-order chi connectivity index (χ1) is 21.4. The van der Waals surface area contributed by atoms with Gasteiger partial charge in [-0.3, -0.25) is 14.4 Å². The van der Waals surface area contributed by atoms with E-state index in [-0.39, 0.29) is 31.1 Å². The maximum atomic E-state index is 12.5. The highest BCUT2D eigenvalue weighted by atomic mass is 16.6. The molecule has 0 saturated heterocycles. The number of rotatable bonds is 33. The van der Waals surface area contributed by atoms with Crippen molar-refractivity contribution in [1.29, 1.82) is 0 Å². The number of carbonyl (C=O) groups is 3. The van der Waals surface area contributed by atoms with E-state index in [4.69, 9.17) is 14.2 Å². The predicted octanol–water partition coefficient (Wildman–Crippen LogP) is 11.2. The van der Waals surface area contributed by atoms with Gasteiger partial charge in [0, 0.05) is 19.3 Å². The molecule has 0 N–H and O–H groups in total. The standard InChI is InChI=1S/C38H72O6/c1-5-7-9-11-12-14-19-23-27-31-38(41)44-35(32-42-36(39)29-25-20-10-8-6-2)33-43-37(40)30-26-22-18-16-13-15-17-21-24-28-34(3)4/h34-35H,5-33H2,1-4H3/t35-/m0/s1. The lowest BCUT2D eigenvalue weighted by molar-refractivity contribution is -0.167. The molecule has 1 atom stereocenters. The maximum Gasteiger partial charge on any atom is 0.306 e. The molecule has 0 unspecified atom stereocenters. The lowest BCUT2D eigenvalue weighted by Crippen LogP contribution is -2.30. The fourth-order valence-corrected chi connectivity index (χ4v) is 5.39. The Morgan fingerprint density at radius 3 is 1.11 bits per heavy atom. The molecule has 0 aliphatic heterocycles. The van der Waals surface area contributed by atoms with Crippen LogP contribution in [0.15, 0.2) is 0 Å². The van der Waals surface area contributed by atoms with Crippen LogP contribution in [0.5, 0.6) is 0 Å². The van der Waals surface area contributed by atoms with Crippen molar-refractivity contribution in [2.24, 2.45) is 5.92 Å². The van der Waals surface area contributed by atoms with Crippen LogP contribution in [-0.2, 0) is 28.6 Å². The zero-order chi connectivity index (χ0) is 32.5. The fraction of sp³-hybridized carbons (Fsp3) is 0.921. The van der Waals surface area contributed by atoms with E-state index in [2.05, 4.69) is 27.7 Å². The Kier molecular flexibility index (Phi) is 31.6. The summed E-state index contributed by atoms with van der Waals surface area (Å²) in [4.78, 5) is 37.1. The van der Waals surface area contributed by atoms with Gasteiger partial charge < -0.3 is 14.2 Å². The van der Waals surface area contributed by atoms with Crippen LogP contribution in [0.1, 0.15) is 201 Å². The van der Waals surface area contributed by atoms with Crippen LogP contribution < -0.4 is 0 Å². The summed E-state index contributed by atoms with van der Waals surface area (Å²) in [6.45, 7) is 8.84. The summed E-state index contributed by atoms with van der Waals surface area (Å²) < 4.78 is 16.5. The van der Waals surface area contributed by atoms with Crippen molar-refractivity contribution in [1.82, 2.24) is 0 Å². The molecule has 0 aliphatic rings. The summed E-state index contributed by atoms with van der Waals surface area (Å²) in [5, 5.41) is 0. The minimum Gasteiger partial charge on any atom is -0.462 e. The molecule has 0 spiro atoms. The molecular weight excluding hydrogens is 552 g/mol. The summed E-state index contributed by atoms with van der Waals surface area (Å²) >= 11 is 0. The van der Waals surface area contributed by atoms with Gasteiger partial charge in [-0.15, -0.1) is 0 Å². The van der Waals surface area contributed by atoms with Crippen molar-refractivity contribution >= 4 is 17.9 Å². The Balaban J connectivity index is 4.27. The number of hydrogen-bond donors (Lipinski definition) is 0. The van der Waals surface area contributed by atoms with E-state index in [1.165, 1.54) is 89.9 Å². The van der Waals surface area contributed by atoms with E-state index in [0.29, 0.717) is 19.3 Å². The summed E-state index contributed by atoms with van der Waals surface area (Å²) in [5.74, 6) is -0.0744. The van der Waals surface area contributed by atoms with E-state index in [0.717, 1.165) is 70.1 Å². The van der Waals surface area contributed by atoms with E-state index >= 15 is 0 Å². The van der Waals surface area contributed by atoms with Crippen molar-refractivity contribution in [3.63, 3.8) is 0 Å². The molecule has 0 aromatic heterocycles. The monoisotopic (exact) mass is 625 g/mol. The van der Waals surface area contributed by atoms with E-state index < -0.39 is 6.10 Å². The van der Waals surface area contributed by atoms with Crippen LogP contribution in [0.4, 0.5) is 0 Å². The average molecular weight is 625 g/mol. The highest BCUT2D eigenvalue weighted by Gasteiger charge is 2.19. The van der Waals surface area contributed by atoms with Gasteiger partial charge >= 0.3 is 17.9 Å². The predicted molar refractivity (Wildman–Crippen MR) is 183 cm³/mol. The molecule has 0 aromatic rings. The van der Waals surface area contributed by atoms with Gasteiger partial charge in [0.1, 0.15) is 13.2 Å². The molecule has 6 heteroatoms. The second-order valence-electron chi connectivity index (χ2n) is 13.3. The third kappa shape index (κ3) is 31.8. The molecule has 0 aromatic carbocycles. The maximum absolute atomic E-state index is 12.5. The Labute approximate surface area is 272 Å². The SMILES string of the molecule is CCCCCCCCCCCC(=O)O[C@@H](COC(=O)CCCCCCC)COC(=O)CCCCCCCCCCCC(C)C. The summed E-state index contributed by atoms with van der Waals surface area (Å²) in [6, 6.07) is 0. The van der Waals surface area contributed by atoms with Gasteiger partial charge in [-0.1, -0.05) is 163 Å². The van der Waals surface area contributed by atoms with Crippen molar-refractivity contribution in [3.8, 4) is 0 Å². The smallest absolute Gasteiger partial charge is 0.306 e. The number of carbonyl (C=O) groups excluding carboxylic acids is 3. The molecule has 0 aliphatic carbocycles. The van der Waals surface area contributed by atoms with Crippen LogP contribution in [-0.4, -0.2) is 37.2 Å². The molecule has 0 fully saturated rings. The first-order valence-corrected chi connectivity index (χ1v) is 18.9. The van der Waals surface area contributed by atoms with Crippen molar-refractivity contribution in [3.05, 3.63) is 0 Å². The molecular formula is C38H72O6. The lowest BCUT2D eigenvalue weighted by atomic mass is 10.0. The fourth-order valence-electron chi connectivity index (χ4n) is 5.39. The largest absolute Gasteiger partial charge is 0.462 e. The molecule has 0 heterocycles. The second-order valence-corrected chi connectivity index (χ2v) is 13.3. The Morgan fingerprint density at radius 1 is 0.432 bits per heavy atom. The normalized spacial score (nSPS) is 11.9. The van der Waals surface area contributed by atoms with Crippen LogP contribution in [0.3, 0.4) is 0 Å². The van der Waals surface area contributed by atoms with Crippen LogP contribution in [0.25, 0.3) is 0 Å². The molecule has 44 heavy (non-hydrogen) atoms. The van der Waals surface area contributed by atoms with Gasteiger partial charge in [0.05, 0.1) is 0 Å². The number of unbranched alkanes of at least 4 members (excludes halogenated alkanes) is 20. The summed E-state index contributed by atoms with van der Waals surface area (Å²) in [7, 11) is 0. The first-order valence-electron chi connectivity index (χ1n) is 18.9. The molecule has 0 rings (SSSR count). The van der Waals surface area contributed by atoms with E-state index in [1.807, 2.05) is 0 Å². The Hall–Kier alpha value is -1.59. The third-order valence-electron chi connectivity index (χ3n) is 8.29. The van der Waals surface area contributed by atoms with E-state index in [9.17, 15) is 14.4 Å². The Morgan fingerprint density at radius 2 is 0.750 bits per heavy atom. The first kappa shape index (κ1) is 42.4. The highest BCUT2D eigenvalue weighted by Crippen LogP contribution is 2.15. The minimum absolute atomic E-state index is 0.0665. The van der Waals surface area contributed by atoms with Gasteiger partial charge in [-0.2, -0.15) is 0 Å². The third-order valence-corrected chi connectivity index (χ3v) is 8.29. The number of hydrogen-bond acceptors (Lipinski definition) is 6. The van der Waals surface area contributed by atoms with Crippen LogP contribution >= 0.6 is 0 Å². The summed E-state index contributed by atoms with van der Waals surface area (Å²) in [5.41, 5.74) is 0. The quantitative estimate of drug-likeness (QED) is 0.0410. The van der Waals surface area contributed by atoms with Gasteiger partial charge in [-0.25, -0.2) is 0 Å². The molecule has 0 radical (unpaired) electrons. The molecule has 260 valence electrons. The zero-order valence-corrected chi connectivity index (χ0v) is 29.6. The average Bonchev–Trinajstić information content (AvgIpc) is 3.00. The molecule has 0 bridgehead atoms. The lowest BCUT2D eigenvalue weighted by Gasteiger charge is -2.18. The van der Waals surface area contributed by atoms with Gasteiger partial charge in [-0.05, 0) is 25.2 Å². The molecule has 0 amide bonds. The number of ether oxygens (including phenoxy) is 3. The van der Waals surface area contributed by atoms with Crippen LogP contribution in [0, 0.1) is 5.92 Å². The Bertz CT molecular complexity index is 662. The molecule has 0 saturated carbocycles. The highest BCUT2D eigenvalue weighted by molar-refractivity contribution is 5.71. The minimum atomic E-state index is -0.755. The van der Waals surface area contributed by atoms with Crippen molar-refractivity contribution < 1.29 is 28.6 Å². The second kappa shape index (κ2) is 32.8.